The molecule has 0 spiro atoms. The Labute approximate surface area is 108 Å². The minimum absolute atomic E-state index is 0.176. The van der Waals surface area contributed by atoms with Gasteiger partial charge in [0.05, 0.1) is 0 Å². The number of hydrogen-bond acceptors (Lipinski definition) is 2. The molecule has 0 bridgehead atoms. The van der Waals surface area contributed by atoms with Crippen molar-refractivity contribution < 1.29 is 4.79 Å². The Balaban J connectivity index is 1.78. The number of rotatable bonds is 1. The van der Waals surface area contributed by atoms with Crippen LogP contribution < -0.4 is 5.73 Å². The first-order valence-corrected chi connectivity index (χ1v) is 6.77. The topological polar surface area (TPSA) is 46.3 Å². The quantitative estimate of drug-likeness (QED) is 0.819. The number of fused-ring (bicyclic) bond motifs is 1. The lowest BCUT2D eigenvalue weighted by atomic mass is 9.98. The van der Waals surface area contributed by atoms with Gasteiger partial charge in [-0.05, 0) is 43.2 Å². The zero-order valence-electron chi connectivity index (χ0n) is 10.8. The summed E-state index contributed by atoms with van der Waals surface area (Å²) in [5, 5.41) is 0. The van der Waals surface area contributed by atoms with Gasteiger partial charge >= 0.3 is 0 Å². The molecule has 3 atom stereocenters. The molecule has 3 rings (SSSR count). The van der Waals surface area contributed by atoms with Crippen molar-refractivity contribution >= 4 is 5.91 Å². The van der Waals surface area contributed by atoms with Crippen LogP contribution in [0.3, 0.4) is 0 Å². The number of likely N-dealkylation sites (tertiary alicyclic amines) is 1. The van der Waals surface area contributed by atoms with Gasteiger partial charge in [0.1, 0.15) is 0 Å². The molecule has 2 fully saturated rings. The highest BCUT2D eigenvalue weighted by Gasteiger charge is 2.42. The Hall–Kier alpha value is -1.35. The number of nitrogens with two attached hydrogens (primary N) is 1. The summed E-state index contributed by atoms with van der Waals surface area (Å²) in [5.41, 5.74) is 8.01. The molecule has 1 saturated carbocycles. The second-order valence-corrected chi connectivity index (χ2v) is 5.69. The van der Waals surface area contributed by atoms with Crippen molar-refractivity contribution in [3.05, 3.63) is 35.4 Å². The van der Waals surface area contributed by atoms with Crippen molar-refractivity contribution in [1.29, 1.82) is 0 Å². The molecule has 1 amide bonds. The van der Waals surface area contributed by atoms with Gasteiger partial charge in [-0.1, -0.05) is 18.2 Å². The van der Waals surface area contributed by atoms with Crippen molar-refractivity contribution in [2.24, 2.45) is 17.6 Å². The van der Waals surface area contributed by atoms with Crippen LogP contribution in [0.2, 0.25) is 0 Å². The Bertz CT molecular complexity index is 471. The molecule has 3 unspecified atom stereocenters. The summed E-state index contributed by atoms with van der Waals surface area (Å²) in [6, 6.07) is 8.12. The van der Waals surface area contributed by atoms with Crippen LogP contribution in [0.25, 0.3) is 0 Å². The van der Waals surface area contributed by atoms with Gasteiger partial charge in [0.2, 0.25) is 0 Å². The van der Waals surface area contributed by atoms with E-state index >= 15 is 0 Å². The molecule has 1 aliphatic heterocycles. The van der Waals surface area contributed by atoms with Gasteiger partial charge in [-0.25, -0.2) is 0 Å². The molecular formula is C15H20N2O. The van der Waals surface area contributed by atoms with Gasteiger partial charge in [-0.15, -0.1) is 0 Å². The first-order chi connectivity index (χ1) is 8.66. The number of carbonyl (C=O) groups is 1. The molecule has 1 aromatic rings. The molecule has 1 heterocycles. The first kappa shape index (κ1) is 11.7. The van der Waals surface area contributed by atoms with Crippen LogP contribution in [-0.4, -0.2) is 29.9 Å². The van der Waals surface area contributed by atoms with Crippen LogP contribution >= 0.6 is 0 Å². The van der Waals surface area contributed by atoms with Gasteiger partial charge < -0.3 is 10.6 Å². The second kappa shape index (κ2) is 4.39. The summed E-state index contributed by atoms with van der Waals surface area (Å²) in [4.78, 5) is 14.5. The van der Waals surface area contributed by atoms with Gasteiger partial charge in [-0.2, -0.15) is 0 Å². The van der Waals surface area contributed by atoms with Crippen LogP contribution in [-0.2, 0) is 0 Å². The van der Waals surface area contributed by atoms with E-state index in [9.17, 15) is 4.79 Å². The molecule has 1 aliphatic carbocycles. The number of hydrogen-bond donors (Lipinski definition) is 1. The predicted molar refractivity (Wildman–Crippen MR) is 71.3 cm³/mol. The molecule has 96 valence electrons. The summed E-state index contributed by atoms with van der Waals surface area (Å²) in [6.45, 7) is 3.74. The molecule has 0 radical (unpaired) electrons. The smallest absolute Gasteiger partial charge is 0.254 e. The Morgan fingerprint density at radius 1 is 1.28 bits per heavy atom. The standard InChI is InChI=1S/C15H20N2O/c1-10-4-2-3-5-12(10)15(18)17-8-11-6-7-14(16)13(11)9-17/h2-5,11,13-14H,6-9,16H2,1H3. The van der Waals surface area contributed by atoms with Crippen LogP contribution in [0.1, 0.15) is 28.8 Å². The maximum atomic E-state index is 12.5. The average molecular weight is 244 g/mol. The SMILES string of the molecule is Cc1ccccc1C(=O)N1CC2CCC(N)C2C1. The van der Waals surface area contributed by atoms with E-state index in [0.29, 0.717) is 17.9 Å². The maximum absolute atomic E-state index is 12.5. The molecular weight excluding hydrogens is 224 g/mol. The Morgan fingerprint density at radius 3 is 2.78 bits per heavy atom. The third-order valence-electron chi connectivity index (χ3n) is 4.58. The molecule has 18 heavy (non-hydrogen) atoms. The summed E-state index contributed by atoms with van der Waals surface area (Å²) in [5.74, 6) is 1.33. The summed E-state index contributed by atoms with van der Waals surface area (Å²) in [6.07, 6.45) is 2.31. The highest BCUT2D eigenvalue weighted by molar-refractivity contribution is 5.95. The largest absolute Gasteiger partial charge is 0.338 e. The molecule has 3 nitrogen and oxygen atoms in total. The fourth-order valence-electron chi connectivity index (χ4n) is 3.46. The highest BCUT2D eigenvalue weighted by Crippen LogP contribution is 2.37. The van der Waals surface area contributed by atoms with Gasteiger partial charge in [0.25, 0.3) is 5.91 Å². The van der Waals surface area contributed by atoms with E-state index in [4.69, 9.17) is 5.73 Å². The lowest BCUT2D eigenvalue weighted by Gasteiger charge is -2.19. The Morgan fingerprint density at radius 2 is 2.06 bits per heavy atom. The monoisotopic (exact) mass is 244 g/mol. The van der Waals surface area contributed by atoms with Crippen LogP contribution in [0.5, 0.6) is 0 Å². The van der Waals surface area contributed by atoms with Crippen molar-refractivity contribution in [2.75, 3.05) is 13.1 Å². The minimum Gasteiger partial charge on any atom is -0.338 e. The highest BCUT2D eigenvalue weighted by atomic mass is 16.2. The fourth-order valence-corrected chi connectivity index (χ4v) is 3.46. The second-order valence-electron chi connectivity index (χ2n) is 5.69. The van der Waals surface area contributed by atoms with E-state index < -0.39 is 0 Å². The zero-order valence-corrected chi connectivity index (χ0v) is 10.8. The van der Waals surface area contributed by atoms with Gasteiger partial charge in [0, 0.05) is 24.7 Å². The van der Waals surface area contributed by atoms with Crippen LogP contribution in [0, 0.1) is 18.8 Å². The normalized spacial score (nSPS) is 30.6. The van der Waals surface area contributed by atoms with E-state index in [1.54, 1.807) is 0 Å². The summed E-state index contributed by atoms with van der Waals surface area (Å²) >= 11 is 0. The van der Waals surface area contributed by atoms with E-state index in [2.05, 4.69) is 0 Å². The molecule has 3 heteroatoms. The summed E-state index contributed by atoms with van der Waals surface area (Å²) in [7, 11) is 0. The average Bonchev–Trinajstić information content (AvgIpc) is 2.92. The molecule has 1 saturated heterocycles. The fraction of sp³-hybridized carbons (Fsp3) is 0.533. The third-order valence-corrected chi connectivity index (χ3v) is 4.58. The number of aryl methyl sites for hydroxylation is 1. The number of amides is 1. The van der Waals surface area contributed by atoms with E-state index in [1.165, 1.54) is 6.42 Å². The van der Waals surface area contributed by atoms with Crippen LogP contribution in [0.4, 0.5) is 0 Å². The van der Waals surface area contributed by atoms with Gasteiger partial charge in [-0.3, -0.25) is 4.79 Å². The Kier molecular flexibility index (Phi) is 2.86. The van der Waals surface area contributed by atoms with Gasteiger partial charge in [0.15, 0.2) is 0 Å². The van der Waals surface area contributed by atoms with E-state index in [1.807, 2.05) is 36.1 Å². The molecule has 2 aliphatic rings. The first-order valence-electron chi connectivity index (χ1n) is 6.77. The molecule has 2 N–H and O–H groups in total. The van der Waals surface area contributed by atoms with Crippen molar-refractivity contribution in [2.45, 2.75) is 25.8 Å². The number of benzene rings is 1. The lowest BCUT2D eigenvalue weighted by Crippen LogP contribution is -2.33. The van der Waals surface area contributed by atoms with Crippen LogP contribution in [0.15, 0.2) is 24.3 Å². The predicted octanol–water partition coefficient (Wildman–Crippen LogP) is 1.80. The molecule has 1 aromatic carbocycles. The third kappa shape index (κ3) is 1.83. The lowest BCUT2D eigenvalue weighted by molar-refractivity contribution is 0.0779. The zero-order chi connectivity index (χ0) is 12.7. The van der Waals surface area contributed by atoms with E-state index in [0.717, 1.165) is 30.6 Å². The van der Waals surface area contributed by atoms with E-state index in [-0.39, 0.29) is 5.91 Å². The minimum atomic E-state index is 0.176. The maximum Gasteiger partial charge on any atom is 0.254 e. The molecule has 0 aromatic heterocycles. The number of carbonyl (C=O) groups excluding carboxylic acids is 1. The van der Waals surface area contributed by atoms with Crippen molar-refractivity contribution in [1.82, 2.24) is 4.90 Å². The van der Waals surface area contributed by atoms with Crippen molar-refractivity contribution in [3.63, 3.8) is 0 Å². The van der Waals surface area contributed by atoms with Crippen molar-refractivity contribution in [3.8, 4) is 0 Å². The number of nitrogens with zero attached hydrogens (tertiary/aromatic N) is 1. The summed E-state index contributed by atoms with van der Waals surface area (Å²) < 4.78 is 0.